The molecule has 0 unspecified atom stereocenters. The Morgan fingerprint density at radius 1 is 1.00 bits per heavy atom. The Labute approximate surface area is 179 Å². The number of amides is 1. The van der Waals surface area contributed by atoms with Crippen molar-refractivity contribution in [3.8, 4) is 5.75 Å². The predicted molar refractivity (Wildman–Crippen MR) is 117 cm³/mol. The van der Waals surface area contributed by atoms with Crippen LogP contribution in [0.1, 0.15) is 47.2 Å². The van der Waals surface area contributed by atoms with Gasteiger partial charge in [-0.15, -0.1) is 0 Å². The van der Waals surface area contributed by atoms with E-state index >= 15 is 0 Å². The van der Waals surface area contributed by atoms with Gasteiger partial charge in [0.1, 0.15) is 12.4 Å². The van der Waals surface area contributed by atoms with Crippen LogP contribution in [-0.4, -0.2) is 44.9 Å². The van der Waals surface area contributed by atoms with Gasteiger partial charge in [0.05, 0.1) is 11.4 Å². The Balaban J connectivity index is 1.65. The summed E-state index contributed by atoms with van der Waals surface area (Å²) in [6, 6.07) is 12.5. The van der Waals surface area contributed by atoms with Crippen molar-refractivity contribution in [1.82, 2.24) is 9.62 Å². The lowest BCUT2D eigenvalue weighted by Crippen LogP contribution is -2.32. The number of benzene rings is 2. The number of sulfonamides is 1. The average Bonchev–Trinajstić information content (AvgIpc) is 3.02. The van der Waals surface area contributed by atoms with Crippen LogP contribution in [0.3, 0.4) is 0 Å². The van der Waals surface area contributed by atoms with E-state index in [0.717, 1.165) is 42.6 Å². The van der Waals surface area contributed by atoms with Gasteiger partial charge in [0.25, 0.3) is 5.91 Å². The van der Waals surface area contributed by atoms with Gasteiger partial charge < -0.3 is 10.1 Å². The van der Waals surface area contributed by atoms with Crippen LogP contribution in [-0.2, 0) is 10.0 Å². The van der Waals surface area contributed by atoms with E-state index in [1.807, 2.05) is 31.2 Å². The molecule has 1 aliphatic heterocycles. The SMILES string of the molecule is Cc1ccccc1OCCNC(=O)c1cc(S(=O)(=O)N2CCCCCC2)ccc1C. The largest absolute Gasteiger partial charge is 0.491 e. The first-order chi connectivity index (χ1) is 14.4. The highest BCUT2D eigenvalue weighted by Gasteiger charge is 2.26. The summed E-state index contributed by atoms with van der Waals surface area (Å²) in [5, 5.41) is 2.83. The Morgan fingerprint density at radius 2 is 1.70 bits per heavy atom. The Kier molecular flexibility index (Phi) is 7.50. The third-order valence-electron chi connectivity index (χ3n) is 5.40. The fraction of sp³-hybridized carbons (Fsp3) is 0.435. The molecule has 0 bridgehead atoms. The van der Waals surface area contributed by atoms with Gasteiger partial charge in [0.15, 0.2) is 0 Å². The first-order valence-electron chi connectivity index (χ1n) is 10.5. The second-order valence-corrected chi connectivity index (χ2v) is 9.60. The van der Waals surface area contributed by atoms with E-state index in [0.29, 0.717) is 31.8 Å². The number of nitrogens with one attached hydrogen (secondary N) is 1. The molecule has 162 valence electrons. The van der Waals surface area contributed by atoms with E-state index in [2.05, 4.69) is 5.32 Å². The molecule has 6 nitrogen and oxygen atoms in total. The Bertz CT molecular complexity index is 980. The molecule has 0 saturated carbocycles. The van der Waals surface area contributed by atoms with Gasteiger partial charge in [0, 0.05) is 18.7 Å². The second kappa shape index (κ2) is 10.1. The van der Waals surface area contributed by atoms with Crippen LogP contribution < -0.4 is 10.1 Å². The summed E-state index contributed by atoms with van der Waals surface area (Å²) in [7, 11) is -3.60. The lowest BCUT2D eigenvalue weighted by atomic mass is 10.1. The van der Waals surface area contributed by atoms with Gasteiger partial charge in [-0.3, -0.25) is 4.79 Å². The summed E-state index contributed by atoms with van der Waals surface area (Å²) in [6.45, 7) is 5.51. The maximum atomic E-state index is 13.0. The van der Waals surface area contributed by atoms with Crippen LogP contribution in [0.2, 0.25) is 0 Å². The summed E-state index contributed by atoms with van der Waals surface area (Å²) < 4.78 is 33.3. The van der Waals surface area contributed by atoms with E-state index in [1.165, 1.54) is 6.07 Å². The topological polar surface area (TPSA) is 75.7 Å². The molecule has 1 fully saturated rings. The van der Waals surface area contributed by atoms with Gasteiger partial charge in [-0.2, -0.15) is 4.31 Å². The molecule has 1 amide bonds. The van der Waals surface area contributed by atoms with Crippen molar-refractivity contribution < 1.29 is 17.9 Å². The Hall–Kier alpha value is -2.38. The number of aryl methyl sites for hydroxylation is 2. The normalized spacial score (nSPS) is 15.4. The monoisotopic (exact) mass is 430 g/mol. The minimum atomic E-state index is -3.60. The standard InChI is InChI=1S/C23H30N2O4S/c1-18-11-12-20(30(27,28)25-14-7-3-4-8-15-25)17-21(18)23(26)24-13-16-29-22-10-6-5-9-19(22)2/h5-6,9-12,17H,3-4,7-8,13-16H2,1-2H3,(H,24,26). The van der Waals surface area contributed by atoms with Crippen molar-refractivity contribution in [2.75, 3.05) is 26.2 Å². The van der Waals surface area contributed by atoms with Gasteiger partial charge in [-0.25, -0.2) is 8.42 Å². The maximum absolute atomic E-state index is 13.0. The van der Waals surface area contributed by atoms with Crippen LogP contribution >= 0.6 is 0 Å². The molecular formula is C23H30N2O4S. The minimum Gasteiger partial charge on any atom is -0.491 e. The number of hydrogen-bond acceptors (Lipinski definition) is 4. The average molecular weight is 431 g/mol. The molecule has 0 spiro atoms. The van der Waals surface area contributed by atoms with Crippen LogP contribution in [0.15, 0.2) is 47.4 Å². The lowest BCUT2D eigenvalue weighted by molar-refractivity contribution is 0.0946. The van der Waals surface area contributed by atoms with Crippen molar-refractivity contribution in [2.24, 2.45) is 0 Å². The van der Waals surface area contributed by atoms with Crippen LogP contribution in [0.25, 0.3) is 0 Å². The van der Waals surface area contributed by atoms with Gasteiger partial charge in [-0.1, -0.05) is 37.1 Å². The molecule has 1 heterocycles. The fourth-order valence-electron chi connectivity index (χ4n) is 3.58. The van der Waals surface area contributed by atoms with Crippen molar-refractivity contribution in [1.29, 1.82) is 0 Å². The number of rotatable bonds is 7. The quantitative estimate of drug-likeness (QED) is 0.680. The van der Waals surface area contributed by atoms with Crippen molar-refractivity contribution in [2.45, 2.75) is 44.4 Å². The zero-order valence-electron chi connectivity index (χ0n) is 17.7. The molecule has 2 aromatic carbocycles. The van der Waals surface area contributed by atoms with Gasteiger partial charge >= 0.3 is 0 Å². The molecule has 0 aromatic heterocycles. The second-order valence-electron chi connectivity index (χ2n) is 7.66. The van der Waals surface area contributed by atoms with Crippen LogP contribution in [0, 0.1) is 13.8 Å². The first kappa shape index (κ1) is 22.3. The molecule has 3 rings (SSSR count). The molecule has 0 radical (unpaired) electrons. The minimum absolute atomic E-state index is 0.177. The van der Waals surface area contributed by atoms with E-state index < -0.39 is 10.0 Å². The third-order valence-corrected chi connectivity index (χ3v) is 7.29. The van der Waals surface area contributed by atoms with E-state index in [1.54, 1.807) is 23.4 Å². The number of para-hydroxylation sites is 1. The summed E-state index contributed by atoms with van der Waals surface area (Å²) in [4.78, 5) is 12.9. The fourth-order valence-corrected chi connectivity index (χ4v) is 5.12. The zero-order valence-corrected chi connectivity index (χ0v) is 18.5. The molecule has 1 aliphatic rings. The first-order valence-corrected chi connectivity index (χ1v) is 11.9. The molecule has 7 heteroatoms. The van der Waals surface area contributed by atoms with Crippen molar-refractivity contribution >= 4 is 15.9 Å². The molecule has 30 heavy (non-hydrogen) atoms. The van der Waals surface area contributed by atoms with E-state index in [4.69, 9.17) is 4.74 Å². The van der Waals surface area contributed by atoms with E-state index in [-0.39, 0.29) is 10.8 Å². The highest BCUT2D eigenvalue weighted by Crippen LogP contribution is 2.22. The molecule has 2 aromatic rings. The van der Waals surface area contributed by atoms with Gasteiger partial charge in [0.2, 0.25) is 10.0 Å². The smallest absolute Gasteiger partial charge is 0.251 e. The summed E-state index contributed by atoms with van der Waals surface area (Å²) in [5.74, 6) is 0.488. The van der Waals surface area contributed by atoms with Crippen LogP contribution in [0.5, 0.6) is 5.75 Å². The van der Waals surface area contributed by atoms with Crippen molar-refractivity contribution in [3.05, 3.63) is 59.2 Å². The molecule has 0 aliphatic carbocycles. The van der Waals surface area contributed by atoms with Gasteiger partial charge in [-0.05, 0) is 56.0 Å². The highest BCUT2D eigenvalue weighted by molar-refractivity contribution is 7.89. The molecule has 0 atom stereocenters. The summed E-state index contributed by atoms with van der Waals surface area (Å²) >= 11 is 0. The third kappa shape index (κ3) is 5.40. The molecular weight excluding hydrogens is 400 g/mol. The number of carbonyl (C=O) groups is 1. The zero-order chi connectivity index (χ0) is 21.6. The summed E-state index contributed by atoms with van der Waals surface area (Å²) in [5.41, 5.74) is 2.15. The predicted octanol–water partition coefficient (Wildman–Crippen LogP) is 3.68. The number of nitrogens with zero attached hydrogens (tertiary/aromatic N) is 1. The maximum Gasteiger partial charge on any atom is 0.251 e. The van der Waals surface area contributed by atoms with Crippen LogP contribution in [0.4, 0.5) is 0 Å². The highest BCUT2D eigenvalue weighted by atomic mass is 32.2. The number of ether oxygens (including phenoxy) is 1. The number of carbonyl (C=O) groups excluding carboxylic acids is 1. The number of hydrogen-bond donors (Lipinski definition) is 1. The molecule has 1 saturated heterocycles. The summed E-state index contributed by atoms with van der Waals surface area (Å²) in [6.07, 6.45) is 3.86. The van der Waals surface area contributed by atoms with Crippen molar-refractivity contribution in [3.63, 3.8) is 0 Å². The Morgan fingerprint density at radius 3 is 2.40 bits per heavy atom. The van der Waals surface area contributed by atoms with E-state index in [9.17, 15) is 13.2 Å². The lowest BCUT2D eigenvalue weighted by Gasteiger charge is -2.20. The molecule has 1 N–H and O–H groups in total.